The molecule has 4 aromatic rings. The van der Waals surface area contributed by atoms with E-state index in [1.165, 1.54) is 11.1 Å². The molecule has 0 atom stereocenters. The topological polar surface area (TPSA) is 22.4 Å². The van der Waals surface area contributed by atoms with Gasteiger partial charge in [0.05, 0.1) is 12.5 Å². The summed E-state index contributed by atoms with van der Waals surface area (Å²) in [6, 6.07) is 22.5. The molecule has 0 spiro atoms. The number of furan rings is 1. The zero-order chi connectivity index (χ0) is 14.2. The largest absolute Gasteiger partial charge is 0.496 e. The van der Waals surface area contributed by atoms with E-state index in [0.717, 1.165) is 27.7 Å². The molecule has 0 aliphatic carbocycles. The molecular weight excluding hydrogens is 260 g/mol. The van der Waals surface area contributed by atoms with Gasteiger partial charge in [0.1, 0.15) is 16.9 Å². The molecule has 2 nitrogen and oxygen atoms in total. The van der Waals surface area contributed by atoms with Gasteiger partial charge in [-0.25, -0.2) is 0 Å². The lowest BCUT2D eigenvalue weighted by Gasteiger charge is -2.03. The highest BCUT2D eigenvalue weighted by Crippen LogP contribution is 2.37. The number of ether oxygens (including phenoxy) is 1. The monoisotopic (exact) mass is 274 g/mol. The van der Waals surface area contributed by atoms with Crippen LogP contribution >= 0.6 is 0 Å². The van der Waals surface area contributed by atoms with E-state index < -0.39 is 0 Å². The number of rotatable bonds is 2. The molecular formula is C19H14O2. The minimum absolute atomic E-state index is 0.844. The zero-order valence-corrected chi connectivity index (χ0v) is 11.7. The maximum atomic E-state index is 5.91. The Hall–Kier alpha value is -2.74. The second-order valence-electron chi connectivity index (χ2n) is 5.01. The lowest BCUT2D eigenvalue weighted by atomic mass is 10.0. The highest BCUT2D eigenvalue weighted by molar-refractivity contribution is 6.09. The van der Waals surface area contributed by atoms with Crippen LogP contribution in [0.5, 0.6) is 5.75 Å². The molecule has 4 rings (SSSR count). The van der Waals surface area contributed by atoms with Crippen molar-refractivity contribution in [3.05, 3.63) is 66.7 Å². The quantitative estimate of drug-likeness (QED) is 0.497. The summed E-state index contributed by atoms with van der Waals surface area (Å²) in [7, 11) is 1.69. The van der Waals surface area contributed by atoms with Crippen LogP contribution < -0.4 is 4.74 Å². The summed E-state index contributed by atoms with van der Waals surface area (Å²) in [6.07, 6.45) is 0. The first kappa shape index (κ1) is 12.0. The molecule has 0 radical (unpaired) electrons. The second-order valence-corrected chi connectivity index (χ2v) is 5.01. The number of methoxy groups -OCH3 is 1. The van der Waals surface area contributed by atoms with Gasteiger partial charge in [0.15, 0.2) is 0 Å². The van der Waals surface area contributed by atoms with Gasteiger partial charge in [-0.3, -0.25) is 0 Å². The van der Waals surface area contributed by atoms with Crippen molar-refractivity contribution in [2.45, 2.75) is 0 Å². The maximum absolute atomic E-state index is 5.91. The molecule has 102 valence electrons. The fourth-order valence-electron chi connectivity index (χ4n) is 2.77. The Morgan fingerprint density at radius 3 is 2.43 bits per heavy atom. The van der Waals surface area contributed by atoms with Crippen molar-refractivity contribution in [1.29, 1.82) is 0 Å². The molecule has 0 N–H and O–H groups in total. The van der Waals surface area contributed by atoms with Crippen molar-refractivity contribution in [3.63, 3.8) is 0 Å². The van der Waals surface area contributed by atoms with Crippen LogP contribution in [0.15, 0.2) is 71.1 Å². The van der Waals surface area contributed by atoms with E-state index in [9.17, 15) is 0 Å². The van der Waals surface area contributed by atoms with Gasteiger partial charge in [-0.05, 0) is 35.4 Å². The van der Waals surface area contributed by atoms with Gasteiger partial charge in [-0.15, -0.1) is 0 Å². The smallest absolute Gasteiger partial charge is 0.139 e. The predicted octanol–water partition coefficient (Wildman–Crippen LogP) is 5.26. The Balaban J connectivity index is 2.04. The number of hydrogen-bond donors (Lipinski definition) is 0. The molecule has 0 amide bonds. The van der Waals surface area contributed by atoms with Crippen molar-refractivity contribution in [3.8, 4) is 16.9 Å². The summed E-state index contributed by atoms with van der Waals surface area (Å²) in [5, 5.41) is 2.12. The predicted molar refractivity (Wildman–Crippen MR) is 85.7 cm³/mol. The van der Waals surface area contributed by atoms with Crippen molar-refractivity contribution in [2.75, 3.05) is 7.11 Å². The van der Waals surface area contributed by atoms with E-state index in [1.807, 2.05) is 42.5 Å². The molecule has 3 aromatic carbocycles. The highest BCUT2D eigenvalue weighted by Gasteiger charge is 2.12. The summed E-state index contributed by atoms with van der Waals surface area (Å²) < 4.78 is 11.4. The average molecular weight is 274 g/mol. The first-order chi connectivity index (χ1) is 10.4. The first-order valence-corrected chi connectivity index (χ1v) is 6.91. The average Bonchev–Trinajstić information content (AvgIpc) is 2.93. The van der Waals surface area contributed by atoms with Crippen molar-refractivity contribution in [2.24, 2.45) is 0 Å². The normalized spacial score (nSPS) is 11.1. The van der Waals surface area contributed by atoms with E-state index in [1.54, 1.807) is 7.11 Å². The van der Waals surface area contributed by atoms with Gasteiger partial charge in [0.2, 0.25) is 0 Å². The van der Waals surface area contributed by atoms with Gasteiger partial charge in [-0.2, -0.15) is 0 Å². The summed E-state index contributed by atoms with van der Waals surface area (Å²) in [5.41, 5.74) is 4.11. The van der Waals surface area contributed by atoms with Gasteiger partial charge in [0.25, 0.3) is 0 Å². The van der Waals surface area contributed by atoms with Crippen molar-refractivity contribution in [1.82, 2.24) is 0 Å². The third kappa shape index (κ3) is 1.88. The van der Waals surface area contributed by atoms with Gasteiger partial charge in [0, 0.05) is 5.39 Å². The summed E-state index contributed by atoms with van der Waals surface area (Å²) >= 11 is 0. The molecule has 0 fully saturated rings. The Bertz CT molecular complexity index is 920. The third-order valence-corrected chi connectivity index (χ3v) is 3.78. The van der Waals surface area contributed by atoms with Crippen LogP contribution in [0.25, 0.3) is 33.1 Å². The standard InChI is InChI=1S/C19H14O2/c1-20-17-8-5-9-18-19(17)15-12-14(10-11-16(15)21-18)13-6-3-2-4-7-13/h2-12H,1H3. The summed E-state index contributed by atoms with van der Waals surface area (Å²) in [4.78, 5) is 0. The zero-order valence-electron chi connectivity index (χ0n) is 11.7. The molecule has 0 bridgehead atoms. The fraction of sp³-hybridized carbons (Fsp3) is 0.0526. The molecule has 2 heteroatoms. The number of benzene rings is 3. The molecule has 0 aliphatic heterocycles. The van der Waals surface area contributed by atoms with Crippen LogP contribution in [0, 0.1) is 0 Å². The van der Waals surface area contributed by atoms with Crippen LogP contribution in [0.2, 0.25) is 0 Å². The van der Waals surface area contributed by atoms with Gasteiger partial charge >= 0.3 is 0 Å². The number of fused-ring (bicyclic) bond motifs is 3. The van der Waals surface area contributed by atoms with Crippen molar-refractivity contribution >= 4 is 21.9 Å². The molecule has 0 unspecified atom stereocenters. The van der Waals surface area contributed by atoms with Crippen LogP contribution in [-0.4, -0.2) is 7.11 Å². The van der Waals surface area contributed by atoms with E-state index >= 15 is 0 Å². The fourth-order valence-corrected chi connectivity index (χ4v) is 2.77. The van der Waals surface area contributed by atoms with E-state index in [2.05, 4.69) is 24.3 Å². The highest BCUT2D eigenvalue weighted by atomic mass is 16.5. The summed E-state index contributed by atoms with van der Waals surface area (Å²) in [6.45, 7) is 0. The Labute approximate surface area is 122 Å². The molecule has 0 saturated heterocycles. The molecule has 1 heterocycles. The SMILES string of the molecule is COc1cccc2oc3ccc(-c4ccccc4)cc3c12. The van der Waals surface area contributed by atoms with E-state index in [0.29, 0.717) is 0 Å². The van der Waals surface area contributed by atoms with Gasteiger partial charge in [-0.1, -0.05) is 42.5 Å². The summed E-state index contributed by atoms with van der Waals surface area (Å²) in [5.74, 6) is 0.844. The van der Waals surface area contributed by atoms with Crippen LogP contribution in [0.3, 0.4) is 0 Å². The van der Waals surface area contributed by atoms with Crippen LogP contribution in [0.1, 0.15) is 0 Å². The minimum Gasteiger partial charge on any atom is -0.496 e. The van der Waals surface area contributed by atoms with E-state index in [-0.39, 0.29) is 0 Å². The maximum Gasteiger partial charge on any atom is 0.139 e. The molecule has 0 saturated carbocycles. The minimum atomic E-state index is 0.844. The Kier molecular flexibility index (Phi) is 2.68. The lowest BCUT2D eigenvalue weighted by molar-refractivity contribution is 0.420. The van der Waals surface area contributed by atoms with Crippen LogP contribution in [0.4, 0.5) is 0 Å². The van der Waals surface area contributed by atoms with Crippen molar-refractivity contribution < 1.29 is 9.15 Å². The Morgan fingerprint density at radius 1 is 0.762 bits per heavy atom. The number of hydrogen-bond acceptors (Lipinski definition) is 2. The Morgan fingerprint density at radius 2 is 1.62 bits per heavy atom. The molecule has 0 aliphatic rings. The molecule has 21 heavy (non-hydrogen) atoms. The third-order valence-electron chi connectivity index (χ3n) is 3.78. The van der Waals surface area contributed by atoms with Gasteiger partial charge < -0.3 is 9.15 Å². The second kappa shape index (κ2) is 4.67. The molecule has 1 aromatic heterocycles. The van der Waals surface area contributed by atoms with Crippen LogP contribution in [-0.2, 0) is 0 Å². The van der Waals surface area contributed by atoms with E-state index in [4.69, 9.17) is 9.15 Å². The lowest BCUT2D eigenvalue weighted by Crippen LogP contribution is -1.82. The first-order valence-electron chi connectivity index (χ1n) is 6.91.